The second-order valence-corrected chi connectivity index (χ2v) is 9.67. The number of carbonyl (C=O) groups excluding carboxylic acids is 1. The van der Waals surface area contributed by atoms with Gasteiger partial charge in [-0.3, -0.25) is 4.79 Å². The Morgan fingerprint density at radius 2 is 1.91 bits per heavy atom. The zero-order valence-electron chi connectivity index (χ0n) is 19.6. The quantitative estimate of drug-likeness (QED) is 0.324. The van der Waals surface area contributed by atoms with Crippen molar-refractivity contribution in [2.24, 2.45) is 5.92 Å². The van der Waals surface area contributed by atoms with E-state index in [1.165, 1.54) is 17.0 Å². The lowest BCUT2D eigenvalue weighted by atomic mass is 10.0. The number of thiophene rings is 1. The molecule has 32 heavy (non-hydrogen) atoms. The maximum Gasteiger partial charge on any atom is 0.261 e. The minimum atomic E-state index is -0.188. The summed E-state index contributed by atoms with van der Waals surface area (Å²) in [4.78, 5) is 16.1. The summed E-state index contributed by atoms with van der Waals surface area (Å²) in [5, 5.41) is 2.68. The molecule has 0 spiro atoms. The molecular formula is C27H37FN2OS. The second-order valence-electron chi connectivity index (χ2n) is 8.50. The van der Waals surface area contributed by atoms with Gasteiger partial charge in [-0.05, 0) is 80.5 Å². The maximum atomic E-state index is 13.1. The fraction of sp³-hybridized carbons (Fsp3) is 0.444. The normalized spacial score (nSPS) is 12.3. The van der Waals surface area contributed by atoms with Crippen molar-refractivity contribution in [2.75, 3.05) is 13.6 Å². The van der Waals surface area contributed by atoms with Gasteiger partial charge in [-0.2, -0.15) is 0 Å². The van der Waals surface area contributed by atoms with Gasteiger partial charge in [-0.15, -0.1) is 11.3 Å². The van der Waals surface area contributed by atoms with Gasteiger partial charge in [0.1, 0.15) is 5.82 Å². The van der Waals surface area contributed by atoms with Crippen LogP contribution in [0.4, 0.5) is 4.39 Å². The molecule has 5 heteroatoms. The molecule has 1 aromatic carbocycles. The predicted molar refractivity (Wildman–Crippen MR) is 135 cm³/mol. The van der Waals surface area contributed by atoms with E-state index in [1.807, 2.05) is 24.4 Å². The third-order valence-corrected chi connectivity index (χ3v) is 6.67. The Morgan fingerprint density at radius 1 is 1.16 bits per heavy atom. The van der Waals surface area contributed by atoms with Gasteiger partial charge in [0.15, 0.2) is 0 Å². The van der Waals surface area contributed by atoms with Crippen molar-refractivity contribution in [3.05, 3.63) is 82.5 Å². The van der Waals surface area contributed by atoms with Crippen LogP contribution >= 0.6 is 11.3 Å². The number of carbonyl (C=O) groups is 1. The average Bonchev–Trinajstić information content (AvgIpc) is 3.26. The lowest BCUT2D eigenvalue weighted by Crippen LogP contribution is -2.30. The molecule has 0 aliphatic carbocycles. The molecule has 0 aliphatic heterocycles. The summed E-state index contributed by atoms with van der Waals surface area (Å²) in [7, 11) is 1.66. The van der Waals surface area contributed by atoms with Crippen molar-refractivity contribution >= 4 is 17.2 Å². The third-order valence-electron chi connectivity index (χ3n) is 5.52. The zero-order valence-corrected chi connectivity index (χ0v) is 20.5. The largest absolute Gasteiger partial charge is 0.372 e. The number of nitrogens with zero attached hydrogens (tertiary/aromatic N) is 1. The van der Waals surface area contributed by atoms with E-state index in [2.05, 4.69) is 48.9 Å². The molecule has 1 heterocycles. The average molecular weight is 457 g/mol. The smallest absolute Gasteiger partial charge is 0.261 e. The van der Waals surface area contributed by atoms with Gasteiger partial charge in [0.05, 0.1) is 4.88 Å². The van der Waals surface area contributed by atoms with Crippen LogP contribution in [-0.4, -0.2) is 30.4 Å². The number of nitrogens with one attached hydrogen (secondary N) is 1. The molecule has 0 bridgehead atoms. The van der Waals surface area contributed by atoms with Crippen LogP contribution in [0, 0.1) is 11.7 Å². The molecule has 1 N–H and O–H groups in total. The van der Waals surface area contributed by atoms with Gasteiger partial charge in [-0.25, -0.2) is 4.39 Å². The fourth-order valence-corrected chi connectivity index (χ4v) is 4.61. The van der Waals surface area contributed by atoms with Gasteiger partial charge in [0.25, 0.3) is 5.91 Å². The summed E-state index contributed by atoms with van der Waals surface area (Å²) in [6.07, 6.45) is 12.6. The first-order valence-corrected chi connectivity index (χ1v) is 12.3. The van der Waals surface area contributed by atoms with Crippen LogP contribution in [0.1, 0.15) is 59.6 Å². The Bertz CT molecular complexity index is 857. The van der Waals surface area contributed by atoms with Crippen LogP contribution in [0.3, 0.4) is 0 Å². The lowest BCUT2D eigenvalue weighted by molar-refractivity contribution is 0.0967. The highest BCUT2D eigenvalue weighted by molar-refractivity contribution is 7.14. The Hall–Kier alpha value is -2.40. The van der Waals surface area contributed by atoms with E-state index < -0.39 is 0 Å². The number of halogens is 1. The Labute approximate surface area is 197 Å². The zero-order chi connectivity index (χ0) is 23.3. The minimum Gasteiger partial charge on any atom is -0.372 e. The van der Waals surface area contributed by atoms with Crippen molar-refractivity contribution in [1.82, 2.24) is 10.2 Å². The van der Waals surface area contributed by atoms with Crippen LogP contribution in [0.25, 0.3) is 0 Å². The number of hydrogen-bond donors (Lipinski definition) is 1. The van der Waals surface area contributed by atoms with Crippen LogP contribution in [-0.2, 0) is 12.8 Å². The summed E-state index contributed by atoms with van der Waals surface area (Å²) < 4.78 is 13.1. The molecule has 2 aromatic rings. The summed E-state index contributed by atoms with van der Waals surface area (Å²) in [5.74, 6) is 0.451. The molecule has 1 unspecified atom stereocenters. The summed E-state index contributed by atoms with van der Waals surface area (Å²) in [6.45, 7) is 9.51. The van der Waals surface area contributed by atoms with Crippen LogP contribution < -0.4 is 5.32 Å². The first-order chi connectivity index (χ1) is 15.4. The van der Waals surface area contributed by atoms with Crippen molar-refractivity contribution in [3.63, 3.8) is 0 Å². The molecule has 0 saturated heterocycles. The van der Waals surface area contributed by atoms with E-state index in [9.17, 15) is 9.18 Å². The van der Waals surface area contributed by atoms with Crippen molar-refractivity contribution in [2.45, 2.75) is 58.4 Å². The van der Waals surface area contributed by atoms with Crippen LogP contribution in [0.15, 0.2) is 61.3 Å². The molecule has 1 atom stereocenters. The van der Waals surface area contributed by atoms with Gasteiger partial charge in [-0.1, -0.05) is 44.7 Å². The standard InChI is InChI=1S/C27H37FN2OS/c1-5-30(20-8-11-25-18-19-26(32-25)27(31)29-4)24(17-12-21(2)3)10-7-6-9-22-13-15-23(28)16-14-22/h5,7,10,13-16,18-19,21,24H,1,6,8-9,11-12,17,20H2,2-4H3,(H,29,31)/b10-7+. The van der Waals surface area contributed by atoms with Crippen molar-refractivity contribution < 1.29 is 9.18 Å². The molecule has 0 saturated carbocycles. The molecule has 3 nitrogen and oxygen atoms in total. The predicted octanol–water partition coefficient (Wildman–Crippen LogP) is 6.62. The van der Waals surface area contributed by atoms with Gasteiger partial charge < -0.3 is 10.2 Å². The summed E-state index contributed by atoms with van der Waals surface area (Å²) in [5.41, 5.74) is 1.16. The number of aryl methyl sites for hydroxylation is 2. The highest BCUT2D eigenvalue weighted by atomic mass is 32.1. The second kappa shape index (κ2) is 13.9. The van der Waals surface area contributed by atoms with E-state index in [0.717, 1.165) is 55.5 Å². The van der Waals surface area contributed by atoms with Crippen molar-refractivity contribution in [3.8, 4) is 0 Å². The highest BCUT2D eigenvalue weighted by Gasteiger charge is 2.13. The van der Waals surface area contributed by atoms with Crippen molar-refractivity contribution in [1.29, 1.82) is 0 Å². The first kappa shape index (κ1) is 25.9. The molecule has 1 amide bonds. The number of amides is 1. The SMILES string of the molecule is C=CN(CCCc1ccc(C(=O)NC)s1)C(/C=C/CCc1ccc(F)cc1)CCC(C)C. The monoisotopic (exact) mass is 456 g/mol. The van der Waals surface area contributed by atoms with E-state index in [4.69, 9.17) is 0 Å². The number of allylic oxidation sites excluding steroid dienone is 1. The molecule has 0 radical (unpaired) electrons. The lowest BCUT2D eigenvalue weighted by Gasteiger charge is -2.29. The summed E-state index contributed by atoms with van der Waals surface area (Å²) in [6, 6.07) is 11.0. The summed E-state index contributed by atoms with van der Waals surface area (Å²) >= 11 is 1.57. The van der Waals surface area contributed by atoms with Gasteiger partial charge >= 0.3 is 0 Å². The number of hydrogen-bond acceptors (Lipinski definition) is 3. The van der Waals surface area contributed by atoms with Crippen LogP contribution in [0.5, 0.6) is 0 Å². The fourth-order valence-electron chi connectivity index (χ4n) is 3.62. The minimum absolute atomic E-state index is 0.0199. The Kier molecular flexibility index (Phi) is 11.2. The maximum absolute atomic E-state index is 13.1. The molecule has 2 rings (SSSR count). The topological polar surface area (TPSA) is 32.3 Å². The van der Waals surface area contributed by atoms with Crippen LogP contribution in [0.2, 0.25) is 0 Å². The Morgan fingerprint density at radius 3 is 2.56 bits per heavy atom. The molecule has 1 aromatic heterocycles. The van der Waals surface area contributed by atoms with E-state index in [1.54, 1.807) is 18.4 Å². The molecular weight excluding hydrogens is 419 g/mol. The van der Waals surface area contributed by atoms with E-state index in [0.29, 0.717) is 12.0 Å². The van der Waals surface area contributed by atoms with Gasteiger partial charge in [0.2, 0.25) is 0 Å². The molecule has 0 fully saturated rings. The third kappa shape index (κ3) is 8.99. The van der Waals surface area contributed by atoms with Gasteiger partial charge in [0, 0.05) is 24.5 Å². The number of benzene rings is 1. The molecule has 174 valence electrons. The molecule has 0 aliphatic rings. The van der Waals surface area contributed by atoms with E-state index in [-0.39, 0.29) is 11.7 Å². The number of rotatable bonds is 14. The Balaban J connectivity index is 1.90. The van der Waals surface area contributed by atoms with E-state index >= 15 is 0 Å². The first-order valence-electron chi connectivity index (χ1n) is 11.5. The highest BCUT2D eigenvalue weighted by Crippen LogP contribution is 2.20.